The van der Waals surface area contributed by atoms with E-state index in [0.717, 1.165) is 0 Å². The van der Waals surface area contributed by atoms with Crippen LogP contribution in [0.4, 0.5) is 0 Å². The Morgan fingerprint density at radius 1 is 0.500 bits per heavy atom. The Morgan fingerprint density at radius 2 is 0.875 bits per heavy atom. The van der Waals surface area contributed by atoms with Gasteiger partial charge in [-0.25, -0.2) is 0 Å². The summed E-state index contributed by atoms with van der Waals surface area (Å²) in [5.41, 5.74) is 0. The number of rotatable bonds is 11. The molecule has 0 saturated carbocycles. The molecule has 0 aromatic heterocycles. The molecule has 0 rings (SSSR count). The maximum Gasteiger partial charge on any atom is 0.0535 e. The summed E-state index contributed by atoms with van der Waals surface area (Å²) in [4.78, 5) is 0. The van der Waals surface area contributed by atoms with Crippen LogP contribution in [0.1, 0.15) is 72.6 Å². The fourth-order valence-electron chi connectivity index (χ4n) is 2.94. The molecule has 0 radical (unpaired) electrons. The molecule has 0 aliphatic heterocycles. The van der Waals surface area contributed by atoms with Crippen molar-refractivity contribution >= 4 is 8.07 Å². The molecular formula is C15H34Si. The van der Waals surface area contributed by atoms with E-state index in [1.165, 1.54) is 44.9 Å². The minimum absolute atomic E-state index is 0.858. The summed E-state index contributed by atoms with van der Waals surface area (Å²) in [5.74, 6) is 0. The van der Waals surface area contributed by atoms with Crippen LogP contribution in [-0.2, 0) is 0 Å². The first-order chi connectivity index (χ1) is 7.74. The van der Waals surface area contributed by atoms with Crippen molar-refractivity contribution in [3.05, 3.63) is 0 Å². The van der Waals surface area contributed by atoms with E-state index >= 15 is 0 Å². The Kier molecular flexibility index (Phi) is 10.5. The Labute approximate surface area is 105 Å². The van der Waals surface area contributed by atoms with Gasteiger partial charge in [-0.2, -0.15) is 0 Å². The van der Waals surface area contributed by atoms with E-state index < -0.39 is 8.07 Å². The molecule has 16 heavy (non-hydrogen) atoms. The molecule has 1 heteroatoms. The smallest absolute Gasteiger partial charge is 0.0535 e. The quantitative estimate of drug-likeness (QED) is 0.376. The summed E-state index contributed by atoms with van der Waals surface area (Å²) in [6.07, 6.45) is 10.1. The van der Waals surface area contributed by atoms with E-state index in [0.29, 0.717) is 0 Å². The van der Waals surface area contributed by atoms with Gasteiger partial charge in [0.15, 0.2) is 0 Å². The summed E-state index contributed by atoms with van der Waals surface area (Å²) < 4.78 is 0. The maximum atomic E-state index is 2.39. The molecule has 0 aromatic rings. The normalized spacial score (nSPS) is 12.0. The number of hydrogen-bond donors (Lipinski definition) is 0. The van der Waals surface area contributed by atoms with Crippen molar-refractivity contribution in [2.45, 2.75) is 96.8 Å². The van der Waals surface area contributed by atoms with Crippen molar-refractivity contribution in [3.63, 3.8) is 0 Å². The van der Waals surface area contributed by atoms with Crippen molar-refractivity contribution in [2.75, 3.05) is 0 Å². The van der Waals surface area contributed by atoms with Crippen LogP contribution >= 0.6 is 0 Å². The zero-order chi connectivity index (χ0) is 12.3. The first kappa shape index (κ1) is 16.2. The summed E-state index contributed by atoms with van der Waals surface area (Å²) in [6, 6.07) is 6.47. The van der Waals surface area contributed by atoms with Gasteiger partial charge in [0.25, 0.3) is 0 Å². The molecular weight excluding hydrogens is 208 g/mol. The van der Waals surface area contributed by atoms with E-state index in [9.17, 15) is 0 Å². The second-order valence-electron chi connectivity index (χ2n) is 5.56. The van der Waals surface area contributed by atoms with Crippen molar-refractivity contribution in [1.82, 2.24) is 0 Å². The molecule has 0 aliphatic carbocycles. The van der Waals surface area contributed by atoms with E-state index in [-0.39, 0.29) is 0 Å². The van der Waals surface area contributed by atoms with Crippen molar-refractivity contribution in [1.29, 1.82) is 0 Å². The molecule has 0 nitrogen and oxygen atoms in total. The van der Waals surface area contributed by atoms with Gasteiger partial charge in [0.2, 0.25) is 0 Å². The lowest BCUT2D eigenvalue weighted by molar-refractivity contribution is 0.778. The molecule has 98 valence electrons. The fraction of sp³-hybridized carbons (Fsp3) is 1.00. The minimum Gasteiger partial charge on any atom is -0.0657 e. The van der Waals surface area contributed by atoms with Crippen LogP contribution in [0.15, 0.2) is 0 Å². The highest BCUT2D eigenvalue weighted by Gasteiger charge is 2.29. The molecule has 0 saturated heterocycles. The topological polar surface area (TPSA) is 0 Å². The third kappa shape index (κ3) is 6.73. The van der Waals surface area contributed by atoms with Crippen LogP contribution in [-0.4, -0.2) is 8.07 Å². The summed E-state index contributed by atoms with van der Waals surface area (Å²) in [5, 5.41) is 0. The maximum absolute atomic E-state index is 2.39. The fourth-order valence-corrected chi connectivity index (χ4v) is 8.81. The van der Waals surface area contributed by atoms with Gasteiger partial charge in [0.1, 0.15) is 0 Å². The van der Waals surface area contributed by atoms with Gasteiger partial charge in [-0.05, 0) is 0 Å². The van der Waals surface area contributed by atoms with Crippen molar-refractivity contribution < 1.29 is 0 Å². The highest BCUT2D eigenvalue weighted by molar-refractivity contribution is 6.79. The Bertz CT molecular complexity index is 121. The van der Waals surface area contributed by atoms with Crippen LogP contribution < -0.4 is 0 Å². The average molecular weight is 243 g/mol. The third-order valence-corrected chi connectivity index (χ3v) is 9.77. The highest BCUT2D eigenvalue weighted by atomic mass is 28.3. The lowest BCUT2D eigenvalue weighted by atomic mass is 10.4. The number of hydrogen-bond acceptors (Lipinski definition) is 0. The number of unbranched alkanes of at least 4 members (excludes halogenated alkanes) is 3. The van der Waals surface area contributed by atoms with Gasteiger partial charge >= 0.3 is 0 Å². The molecule has 0 heterocycles. The van der Waals surface area contributed by atoms with Crippen molar-refractivity contribution in [3.8, 4) is 0 Å². The lowest BCUT2D eigenvalue weighted by Crippen LogP contribution is -2.33. The van der Waals surface area contributed by atoms with Gasteiger partial charge in [0.05, 0.1) is 8.07 Å². The Morgan fingerprint density at radius 3 is 1.12 bits per heavy atom. The first-order valence-corrected chi connectivity index (χ1v) is 10.6. The molecule has 0 aromatic carbocycles. The van der Waals surface area contributed by atoms with E-state index in [1.54, 1.807) is 24.2 Å². The third-order valence-electron chi connectivity index (χ3n) is 3.96. The van der Waals surface area contributed by atoms with Gasteiger partial charge in [0, 0.05) is 0 Å². The zero-order valence-electron chi connectivity index (χ0n) is 12.3. The predicted molar refractivity (Wildman–Crippen MR) is 80.0 cm³/mol. The lowest BCUT2D eigenvalue weighted by Gasteiger charge is -2.32. The monoisotopic (exact) mass is 242 g/mol. The summed E-state index contributed by atoms with van der Waals surface area (Å²) in [7, 11) is -0.858. The van der Waals surface area contributed by atoms with Gasteiger partial charge in [-0.15, -0.1) is 0 Å². The highest BCUT2D eigenvalue weighted by Crippen LogP contribution is 2.32. The largest absolute Gasteiger partial charge is 0.0657 e. The SMILES string of the molecule is CCCC[Si](CCC)(CCCC)CCCC. The molecule has 0 N–H and O–H groups in total. The Hall–Kier alpha value is 0.217. The summed E-state index contributed by atoms with van der Waals surface area (Å²) in [6.45, 7) is 9.45. The zero-order valence-corrected chi connectivity index (χ0v) is 13.3. The van der Waals surface area contributed by atoms with Gasteiger partial charge in [-0.1, -0.05) is 96.8 Å². The molecule has 0 spiro atoms. The molecule has 0 aliphatic rings. The molecule has 0 bridgehead atoms. The van der Waals surface area contributed by atoms with Crippen LogP contribution in [0, 0.1) is 0 Å². The first-order valence-electron chi connectivity index (χ1n) is 7.74. The second kappa shape index (κ2) is 10.4. The summed E-state index contributed by atoms with van der Waals surface area (Å²) >= 11 is 0. The van der Waals surface area contributed by atoms with Crippen LogP contribution in [0.2, 0.25) is 24.2 Å². The molecule has 0 atom stereocenters. The van der Waals surface area contributed by atoms with Crippen LogP contribution in [0.5, 0.6) is 0 Å². The predicted octanol–water partition coefficient (Wildman–Crippen LogP) is 6.25. The van der Waals surface area contributed by atoms with Crippen LogP contribution in [0.25, 0.3) is 0 Å². The Balaban J connectivity index is 4.32. The molecule has 0 unspecified atom stereocenters. The van der Waals surface area contributed by atoms with E-state index in [1.807, 2.05) is 0 Å². The van der Waals surface area contributed by atoms with Gasteiger partial charge in [-0.3, -0.25) is 0 Å². The van der Waals surface area contributed by atoms with Crippen molar-refractivity contribution in [2.24, 2.45) is 0 Å². The van der Waals surface area contributed by atoms with Gasteiger partial charge < -0.3 is 0 Å². The van der Waals surface area contributed by atoms with Crippen LogP contribution in [0.3, 0.4) is 0 Å². The van der Waals surface area contributed by atoms with E-state index in [2.05, 4.69) is 27.7 Å². The minimum atomic E-state index is -0.858. The van der Waals surface area contributed by atoms with E-state index in [4.69, 9.17) is 0 Å². The standard InChI is InChI=1S/C15H34Si/c1-5-9-13-16(12-8-4,14-10-6-2)15-11-7-3/h5-15H2,1-4H3. The average Bonchev–Trinajstić information content (AvgIpc) is 2.31. The second-order valence-corrected chi connectivity index (χ2v) is 10.6. The molecule has 0 amide bonds. The molecule has 0 fully saturated rings.